The van der Waals surface area contributed by atoms with Crippen molar-refractivity contribution < 1.29 is 9.26 Å². The van der Waals surface area contributed by atoms with Gasteiger partial charge in [-0.25, -0.2) is 0 Å². The van der Waals surface area contributed by atoms with Gasteiger partial charge in [0.1, 0.15) is 5.76 Å². The fourth-order valence-electron chi connectivity index (χ4n) is 2.06. The van der Waals surface area contributed by atoms with E-state index >= 15 is 0 Å². The molecule has 1 aliphatic rings. The van der Waals surface area contributed by atoms with Crippen molar-refractivity contribution in [1.82, 2.24) is 10.5 Å². The maximum absolute atomic E-state index is 5.88. The Morgan fingerprint density at radius 2 is 2.47 bits per heavy atom. The topological polar surface area (TPSA) is 47.3 Å². The van der Waals surface area contributed by atoms with Crippen molar-refractivity contribution in [3.05, 3.63) is 18.0 Å². The number of piperidine rings is 1. The van der Waals surface area contributed by atoms with Crippen LogP contribution in [0.5, 0.6) is 0 Å². The van der Waals surface area contributed by atoms with Gasteiger partial charge in [0.25, 0.3) is 0 Å². The normalized spacial score (nSPS) is 27.1. The predicted octanol–water partition coefficient (Wildman–Crippen LogP) is 1.55. The van der Waals surface area contributed by atoms with E-state index in [1.165, 1.54) is 0 Å². The van der Waals surface area contributed by atoms with Crippen molar-refractivity contribution in [2.24, 2.45) is 0 Å². The molecule has 2 unspecified atom stereocenters. The van der Waals surface area contributed by atoms with E-state index in [1.54, 1.807) is 6.20 Å². The predicted molar refractivity (Wildman–Crippen MR) is 56.7 cm³/mol. The molecule has 4 nitrogen and oxygen atoms in total. The molecule has 4 heteroatoms. The lowest BCUT2D eigenvalue weighted by Crippen LogP contribution is -2.42. The van der Waals surface area contributed by atoms with Gasteiger partial charge in [0.05, 0.1) is 18.4 Å². The van der Waals surface area contributed by atoms with Crippen molar-refractivity contribution in [2.45, 2.75) is 38.4 Å². The largest absolute Gasteiger partial charge is 0.373 e. The molecule has 1 fully saturated rings. The van der Waals surface area contributed by atoms with E-state index in [-0.39, 0.29) is 12.2 Å². The third-order valence-electron chi connectivity index (χ3n) is 2.70. The van der Waals surface area contributed by atoms with Gasteiger partial charge in [0.2, 0.25) is 0 Å². The molecular weight excluding hydrogens is 192 g/mol. The number of nitrogens with zero attached hydrogens (tertiary/aromatic N) is 1. The minimum absolute atomic E-state index is 0.201. The molecule has 0 spiro atoms. The standard InChI is InChI=1S/C11H18N2O2/c1-8(2)14-11-7-12-5-3-9(11)10-4-6-13-15-10/h4,6,8-9,11-12H,3,5,7H2,1-2H3. The van der Waals surface area contributed by atoms with E-state index in [9.17, 15) is 0 Å². The van der Waals surface area contributed by atoms with Crippen LogP contribution in [0.4, 0.5) is 0 Å². The van der Waals surface area contributed by atoms with E-state index in [0.717, 1.165) is 25.3 Å². The fourth-order valence-corrected chi connectivity index (χ4v) is 2.06. The highest BCUT2D eigenvalue weighted by Gasteiger charge is 2.30. The zero-order valence-electron chi connectivity index (χ0n) is 9.27. The first-order valence-corrected chi connectivity index (χ1v) is 5.54. The second-order valence-corrected chi connectivity index (χ2v) is 4.24. The Labute approximate surface area is 90.0 Å². The number of hydrogen-bond donors (Lipinski definition) is 1. The van der Waals surface area contributed by atoms with Crippen molar-refractivity contribution in [3.63, 3.8) is 0 Å². The van der Waals surface area contributed by atoms with Crippen LogP contribution in [-0.4, -0.2) is 30.5 Å². The van der Waals surface area contributed by atoms with Crippen LogP contribution in [0.15, 0.2) is 16.8 Å². The molecule has 1 aromatic heterocycles. The molecule has 0 aliphatic carbocycles. The first kappa shape index (κ1) is 10.6. The lowest BCUT2D eigenvalue weighted by molar-refractivity contribution is -0.0217. The maximum Gasteiger partial charge on any atom is 0.142 e. The quantitative estimate of drug-likeness (QED) is 0.822. The van der Waals surface area contributed by atoms with Crippen molar-refractivity contribution in [3.8, 4) is 0 Å². The molecule has 0 bridgehead atoms. The average molecular weight is 210 g/mol. The molecule has 0 radical (unpaired) electrons. The summed E-state index contributed by atoms with van der Waals surface area (Å²) in [5.74, 6) is 1.29. The van der Waals surface area contributed by atoms with Crippen LogP contribution >= 0.6 is 0 Å². The third-order valence-corrected chi connectivity index (χ3v) is 2.70. The smallest absolute Gasteiger partial charge is 0.142 e. The molecule has 1 aromatic rings. The molecule has 0 saturated carbocycles. The summed E-state index contributed by atoms with van der Waals surface area (Å²) in [6.45, 7) is 6.03. The van der Waals surface area contributed by atoms with E-state index in [4.69, 9.17) is 9.26 Å². The molecule has 1 aliphatic heterocycles. The van der Waals surface area contributed by atoms with Gasteiger partial charge in [-0.3, -0.25) is 0 Å². The van der Waals surface area contributed by atoms with Crippen LogP contribution in [0, 0.1) is 0 Å². The molecule has 0 amide bonds. The lowest BCUT2D eigenvalue weighted by atomic mass is 9.92. The van der Waals surface area contributed by atoms with Gasteiger partial charge < -0.3 is 14.6 Å². The average Bonchev–Trinajstić information content (AvgIpc) is 2.70. The third kappa shape index (κ3) is 2.58. The van der Waals surface area contributed by atoms with Crippen molar-refractivity contribution >= 4 is 0 Å². The number of rotatable bonds is 3. The minimum atomic E-state index is 0.201. The molecule has 2 atom stereocenters. The van der Waals surface area contributed by atoms with Gasteiger partial charge >= 0.3 is 0 Å². The summed E-state index contributed by atoms with van der Waals surface area (Å²) < 4.78 is 11.1. The van der Waals surface area contributed by atoms with Crippen LogP contribution in [0.2, 0.25) is 0 Å². The van der Waals surface area contributed by atoms with Crippen LogP contribution in [-0.2, 0) is 4.74 Å². The van der Waals surface area contributed by atoms with Gasteiger partial charge in [-0.1, -0.05) is 5.16 Å². The SMILES string of the molecule is CC(C)OC1CNCCC1c1ccno1. The molecule has 15 heavy (non-hydrogen) atoms. The van der Waals surface area contributed by atoms with E-state index in [1.807, 2.05) is 6.07 Å². The zero-order valence-corrected chi connectivity index (χ0v) is 9.27. The number of hydrogen-bond acceptors (Lipinski definition) is 4. The van der Waals surface area contributed by atoms with Gasteiger partial charge in [-0.15, -0.1) is 0 Å². The van der Waals surface area contributed by atoms with E-state index in [0.29, 0.717) is 5.92 Å². The Balaban J connectivity index is 2.06. The van der Waals surface area contributed by atoms with Crippen LogP contribution in [0.1, 0.15) is 31.9 Å². The highest BCUT2D eigenvalue weighted by atomic mass is 16.5. The first-order chi connectivity index (χ1) is 7.27. The fraction of sp³-hybridized carbons (Fsp3) is 0.727. The second kappa shape index (κ2) is 4.77. The zero-order chi connectivity index (χ0) is 10.7. The van der Waals surface area contributed by atoms with Crippen molar-refractivity contribution in [2.75, 3.05) is 13.1 Å². The Hall–Kier alpha value is -0.870. The van der Waals surface area contributed by atoms with Crippen LogP contribution in [0.3, 0.4) is 0 Å². The summed E-state index contributed by atoms with van der Waals surface area (Å²) in [6.07, 6.45) is 3.20. The first-order valence-electron chi connectivity index (χ1n) is 5.54. The molecule has 1 saturated heterocycles. The van der Waals surface area contributed by atoms with E-state index in [2.05, 4.69) is 24.3 Å². The Kier molecular flexibility index (Phi) is 3.38. The minimum Gasteiger partial charge on any atom is -0.373 e. The summed E-state index contributed by atoms with van der Waals surface area (Å²) in [5.41, 5.74) is 0. The molecule has 1 N–H and O–H groups in total. The van der Waals surface area contributed by atoms with E-state index < -0.39 is 0 Å². The highest BCUT2D eigenvalue weighted by Crippen LogP contribution is 2.27. The molecule has 0 aromatic carbocycles. The monoisotopic (exact) mass is 210 g/mol. The van der Waals surface area contributed by atoms with Gasteiger partial charge in [-0.05, 0) is 26.8 Å². The highest BCUT2D eigenvalue weighted by molar-refractivity contribution is 5.06. The molecular formula is C11H18N2O2. The lowest BCUT2D eigenvalue weighted by Gasteiger charge is -2.31. The van der Waals surface area contributed by atoms with Gasteiger partial charge in [0.15, 0.2) is 0 Å². The number of nitrogens with one attached hydrogen (secondary N) is 1. The molecule has 84 valence electrons. The number of aromatic nitrogens is 1. The summed E-state index contributed by atoms with van der Waals surface area (Å²) in [6, 6.07) is 1.94. The van der Waals surface area contributed by atoms with Gasteiger partial charge in [-0.2, -0.15) is 0 Å². The second-order valence-electron chi connectivity index (χ2n) is 4.24. The summed E-state index contributed by atoms with van der Waals surface area (Å²) in [5, 5.41) is 7.11. The molecule has 2 rings (SSSR count). The van der Waals surface area contributed by atoms with Crippen LogP contribution < -0.4 is 5.32 Å². The van der Waals surface area contributed by atoms with Crippen molar-refractivity contribution in [1.29, 1.82) is 0 Å². The van der Waals surface area contributed by atoms with Crippen LogP contribution in [0.25, 0.3) is 0 Å². The van der Waals surface area contributed by atoms with Gasteiger partial charge in [0, 0.05) is 18.5 Å². The summed E-state index contributed by atoms with van der Waals surface area (Å²) in [7, 11) is 0. The Bertz CT molecular complexity index is 285. The Morgan fingerprint density at radius 3 is 3.13 bits per heavy atom. The number of ether oxygens (including phenoxy) is 1. The maximum atomic E-state index is 5.88. The Morgan fingerprint density at radius 1 is 1.60 bits per heavy atom. The summed E-state index contributed by atoms with van der Waals surface area (Å²) in [4.78, 5) is 0. The molecule has 2 heterocycles. The summed E-state index contributed by atoms with van der Waals surface area (Å²) >= 11 is 0.